The van der Waals surface area contributed by atoms with E-state index in [0.717, 1.165) is 19.3 Å². The average molecular weight is 422 g/mol. The van der Waals surface area contributed by atoms with Crippen LogP contribution in [0, 0.1) is 29.6 Å². The van der Waals surface area contributed by atoms with Crippen molar-refractivity contribution >= 4 is 17.7 Å². The maximum absolute atomic E-state index is 13.7. The standard InChI is InChI=1S/C23H39N3O4/c1-7-9-15(5)25-22(29)20-16-11-10-14(4)18(21(28)24-6)19(16)23(30)26(20)17(12-27)13(3)8-2/h10-11,13-20,27H,7-9,12H2,1-6H3,(H,24,28)(H,25,29)/t13-,14+,15?,16-,17-,18+,19+,20-/m0/s1. The summed E-state index contributed by atoms with van der Waals surface area (Å²) in [5.74, 6) is -2.16. The molecule has 1 fully saturated rings. The third kappa shape index (κ3) is 4.56. The van der Waals surface area contributed by atoms with E-state index in [9.17, 15) is 19.5 Å². The second-order valence-corrected chi connectivity index (χ2v) is 9.01. The van der Waals surface area contributed by atoms with Gasteiger partial charge in [-0.2, -0.15) is 0 Å². The first kappa shape index (κ1) is 24.4. The monoisotopic (exact) mass is 421 g/mol. The van der Waals surface area contributed by atoms with Crippen LogP contribution in [0.3, 0.4) is 0 Å². The molecule has 3 N–H and O–H groups in total. The number of nitrogens with zero attached hydrogens (tertiary/aromatic N) is 1. The molecule has 0 aromatic carbocycles. The van der Waals surface area contributed by atoms with Crippen molar-refractivity contribution in [3.8, 4) is 0 Å². The molecule has 0 aromatic rings. The van der Waals surface area contributed by atoms with Crippen LogP contribution in [0.1, 0.15) is 53.9 Å². The van der Waals surface area contributed by atoms with Crippen LogP contribution in [0.5, 0.6) is 0 Å². The molecule has 3 amide bonds. The minimum absolute atomic E-state index is 0.00379. The molecular weight excluding hydrogens is 382 g/mol. The van der Waals surface area contributed by atoms with Crippen LogP contribution in [0.15, 0.2) is 12.2 Å². The van der Waals surface area contributed by atoms with Crippen molar-refractivity contribution in [3.63, 3.8) is 0 Å². The first-order chi connectivity index (χ1) is 14.2. The zero-order chi connectivity index (χ0) is 22.6. The number of hydrogen-bond donors (Lipinski definition) is 3. The van der Waals surface area contributed by atoms with Crippen molar-refractivity contribution in [2.75, 3.05) is 13.7 Å². The SMILES string of the molecule is CCCC(C)NC(=O)[C@@H]1[C@H]2C=C[C@@H](C)[C@@H](C(=O)NC)[C@@H]2C(=O)N1[C@@H](CO)[C@@H](C)CC. The molecule has 7 nitrogen and oxygen atoms in total. The topological polar surface area (TPSA) is 98.7 Å². The lowest BCUT2D eigenvalue weighted by Crippen LogP contribution is -2.55. The number of carbonyl (C=O) groups excluding carboxylic acids is 3. The van der Waals surface area contributed by atoms with Gasteiger partial charge in [-0.05, 0) is 25.2 Å². The third-order valence-electron chi connectivity index (χ3n) is 6.98. The minimum atomic E-state index is -0.719. The van der Waals surface area contributed by atoms with Crippen LogP contribution in [-0.2, 0) is 14.4 Å². The molecule has 0 saturated carbocycles. The molecule has 7 heteroatoms. The summed E-state index contributed by atoms with van der Waals surface area (Å²) in [7, 11) is 1.58. The van der Waals surface area contributed by atoms with Crippen molar-refractivity contribution < 1.29 is 19.5 Å². The smallest absolute Gasteiger partial charge is 0.243 e. The highest BCUT2D eigenvalue weighted by molar-refractivity contribution is 5.97. The fourth-order valence-corrected chi connectivity index (χ4v) is 5.11. The Morgan fingerprint density at radius 1 is 1.20 bits per heavy atom. The van der Waals surface area contributed by atoms with E-state index in [1.54, 1.807) is 11.9 Å². The van der Waals surface area contributed by atoms with Crippen LogP contribution < -0.4 is 10.6 Å². The van der Waals surface area contributed by atoms with Crippen molar-refractivity contribution in [2.24, 2.45) is 29.6 Å². The van der Waals surface area contributed by atoms with Crippen molar-refractivity contribution in [3.05, 3.63) is 12.2 Å². The van der Waals surface area contributed by atoms with Crippen LogP contribution >= 0.6 is 0 Å². The summed E-state index contributed by atoms with van der Waals surface area (Å²) in [5, 5.41) is 15.9. The second kappa shape index (κ2) is 10.4. The van der Waals surface area contributed by atoms with E-state index in [1.165, 1.54) is 0 Å². The maximum atomic E-state index is 13.7. The largest absolute Gasteiger partial charge is 0.394 e. The Balaban J connectivity index is 2.50. The van der Waals surface area contributed by atoms with Crippen LogP contribution in [0.4, 0.5) is 0 Å². The number of hydrogen-bond acceptors (Lipinski definition) is 4. The van der Waals surface area contributed by atoms with Gasteiger partial charge in [0, 0.05) is 19.0 Å². The number of likely N-dealkylation sites (tertiary alicyclic amines) is 1. The average Bonchev–Trinajstić information content (AvgIpc) is 3.00. The van der Waals surface area contributed by atoms with E-state index in [4.69, 9.17) is 0 Å². The molecule has 170 valence electrons. The molecule has 2 aliphatic rings. The van der Waals surface area contributed by atoms with Gasteiger partial charge in [-0.1, -0.05) is 52.7 Å². The van der Waals surface area contributed by atoms with Crippen LogP contribution in [0.2, 0.25) is 0 Å². The molecule has 2 rings (SSSR count). The highest BCUT2D eigenvalue weighted by atomic mass is 16.3. The Hall–Kier alpha value is -1.89. The van der Waals surface area contributed by atoms with Gasteiger partial charge in [0.15, 0.2) is 0 Å². The Labute approximate surface area is 180 Å². The van der Waals surface area contributed by atoms with Gasteiger partial charge < -0.3 is 20.6 Å². The maximum Gasteiger partial charge on any atom is 0.243 e. The summed E-state index contributed by atoms with van der Waals surface area (Å²) in [6.45, 7) is 9.74. The van der Waals surface area contributed by atoms with Gasteiger partial charge in [0.05, 0.1) is 24.5 Å². The van der Waals surface area contributed by atoms with Gasteiger partial charge in [-0.15, -0.1) is 0 Å². The van der Waals surface area contributed by atoms with Gasteiger partial charge in [0.25, 0.3) is 0 Å². The lowest BCUT2D eigenvalue weighted by molar-refractivity contribution is -0.144. The Morgan fingerprint density at radius 3 is 2.40 bits per heavy atom. The molecule has 1 heterocycles. The number of aliphatic hydroxyl groups is 1. The summed E-state index contributed by atoms with van der Waals surface area (Å²) in [4.78, 5) is 41.3. The lowest BCUT2D eigenvalue weighted by Gasteiger charge is -2.36. The van der Waals surface area contributed by atoms with Gasteiger partial charge in [0.1, 0.15) is 6.04 Å². The fourth-order valence-electron chi connectivity index (χ4n) is 5.11. The number of aliphatic hydroxyl groups excluding tert-OH is 1. The van der Waals surface area contributed by atoms with Crippen molar-refractivity contribution in [1.29, 1.82) is 0 Å². The van der Waals surface area contributed by atoms with E-state index in [2.05, 4.69) is 17.6 Å². The van der Waals surface area contributed by atoms with E-state index in [0.29, 0.717) is 0 Å². The van der Waals surface area contributed by atoms with E-state index >= 15 is 0 Å². The third-order valence-corrected chi connectivity index (χ3v) is 6.98. The zero-order valence-electron chi connectivity index (χ0n) is 19.2. The molecule has 0 radical (unpaired) electrons. The molecule has 0 bridgehead atoms. The van der Waals surface area contributed by atoms with Crippen LogP contribution in [-0.4, -0.2) is 59.5 Å². The van der Waals surface area contributed by atoms with Gasteiger partial charge in [0.2, 0.25) is 17.7 Å². The summed E-state index contributed by atoms with van der Waals surface area (Å²) < 4.78 is 0. The number of fused-ring (bicyclic) bond motifs is 1. The highest BCUT2D eigenvalue weighted by Crippen LogP contribution is 2.45. The quantitative estimate of drug-likeness (QED) is 0.494. The first-order valence-electron chi connectivity index (χ1n) is 11.4. The van der Waals surface area contributed by atoms with E-state index < -0.39 is 23.9 Å². The van der Waals surface area contributed by atoms with Crippen LogP contribution in [0.25, 0.3) is 0 Å². The zero-order valence-corrected chi connectivity index (χ0v) is 19.2. The Morgan fingerprint density at radius 2 is 1.87 bits per heavy atom. The predicted octanol–water partition coefficient (Wildman–Crippen LogP) is 1.71. The number of allylic oxidation sites excluding steroid dienone is 1. The molecule has 1 aliphatic heterocycles. The minimum Gasteiger partial charge on any atom is -0.394 e. The summed E-state index contributed by atoms with van der Waals surface area (Å²) in [5.41, 5.74) is 0. The molecular formula is C23H39N3O4. The molecule has 0 aromatic heterocycles. The molecule has 8 atom stereocenters. The van der Waals surface area contributed by atoms with Gasteiger partial charge in [-0.3, -0.25) is 14.4 Å². The van der Waals surface area contributed by atoms with E-state index in [-0.39, 0.29) is 48.1 Å². The van der Waals surface area contributed by atoms with E-state index in [1.807, 2.05) is 39.8 Å². The number of nitrogens with one attached hydrogen (secondary N) is 2. The molecule has 1 saturated heterocycles. The Bertz CT molecular complexity index is 665. The van der Waals surface area contributed by atoms with Crippen molar-refractivity contribution in [1.82, 2.24) is 15.5 Å². The summed E-state index contributed by atoms with van der Waals surface area (Å²) in [6, 6.07) is -1.18. The Kier molecular flexibility index (Phi) is 8.47. The highest BCUT2D eigenvalue weighted by Gasteiger charge is 2.58. The number of amides is 3. The molecule has 1 unspecified atom stereocenters. The number of rotatable bonds is 9. The normalized spacial score (nSPS) is 31.1. The summed E-state index contributed by atoms with van der Waals surface area (Å²) >= 11 is 0. The van der Waals surface area contributed by atoms with Gasteiger partial charge >= 0.3 is 0 Å². The lowest BCUT2D eigenvalue weighted by atomic mass is 9.70. The predicted molar refractivity (Wildman–Crippen MR) is 116 cm³/mol. The molecule has 0 spiro atoms. The molecule has 1 aliphatic carbocycles. The second-order valence-electron chi connectivity index (χ2n) is 9.01. The first-order valence-corrected chi connectivity index (χ1v) is 11.4. The molecule has 30 heavy (non-hydrogen) atoms. The fraction of sp³-hybridized carbons (Fsp3) is 0.783. The summed E-state index contributed by atoms with van der Waals surface area (Å²) in [6.07, 6.45) is 6.46. The van der Waals surface area contributed by atoms with Gasteiger partial charge in [-0.25, -0.2) is 0 Å². The van der Waals surface area contributed by atoms with Crippen molar-refractivity contribution in [2.45, 2.75) is 72.0 Å². The number of carbonyl (C=O) groups is 3.